The molecule has 0 aliphatic heterocycles. The van der Waals surface area contributed by atoms with E-state index in [1.807, 2.05) is 12.1 Å². The normalized spacial score (nSPS) is 10.3. The highest BCUT2D eigenvalue weighted by atomic mass is 32.1. The Kier molecular flexibility index (Phi) is 6.01. The van der Waals surface area contributed by atoms with Crippen molar-refractivity contribution in [2.24, 2.45) is 0 Å². The number of amides is 2. The van der Waals surface area contributed by atoms with E-state index in [4.69, 9.17) is 17.5 Å². The molecule has 6 nitrogen and oxygen atoms in total. The zero-order valence-corrected chi connectivity index (χ0v) is 13.5. The first kappa shape index (κ1) is 17.6. The van der Waals surface area contributed by atoms with E-state index in [2.05, 4.69) is 31.6 Å². The molecular formula is C15H18N4O2S. The molecule has 0 aromatic heterocycles. The van der Waals surface area contributed by atoms with Gasteiger partial charge in [-0.1, -0.05) is 32.9 Å². The molecule has 7 heteroatoms. The molecule has 1 aromatic rings. The number of nitrogens with zero attached hydrogens (tertiary/aromatic N) is 2. The molecule has 0 spiro atoms. The Balaban J connectivity index is 2.79. The molecule has 22 heavy (non-hydrogen) atoms. The smallest absolute Gasteiger partial charge is 0.252 e. The number of carbonyl (C=O) groups excluding carboxylic acids is 2. The van der Waals surface area contributed by atoms with Crippen molar-refractivity contribution in [2.75, 3.05) is 4.90 Å². The van der Waals surface area contributed by atoms with Crippen LogP contribution in [0.2, 0.25) is 0 Å². The van der Waals surface area contributed by atoms with Crippen molar-refractivity contribution < 1.29 is 9.59 Å². The lowest BCUT2D eigenvalue weighted by molar-refractivity contribution is -0.120. The molecule has 0 saturated carbocycles. The summed E-state index contributed by atoms with van der Waals surface area (Å²) in [6.45, 7) is 6.28. The molecule has 0 fully saturated rings. The zero-order valence-electron chi connectivity index (χ0n) is 12.7. The number of benzene rings is 1. The van der Waals surface area contributed by atoms with Gasteiger partial charge in [-0.15, -0.1) is 0 Å². The van der Waals surface area contributed by atoms with E-state index in [-0.39, 0.29) is 16.9 Å². The topological polar surface area (TPSA) is 85.2 Å². The molecular weight excluding hydrogens is 300 g/mol. The van der Waals surface area contributed by atoms with Crippen LogP contribution < -0.4 is 15.8 Å². The van der Waals surface area contributed by atoms with E-state index in [9.17, 15) is 9.59 Å². The number of anilines is 1. The average Bonchev–Trinajstić information content (AvgIpc) is 2.46. The van der Waals surface area contributed by atoms with Crippen molar-refractivity contribution >= 4 is 35.3 Å². The fraction of sp³-hybridized carbons (Fsp3) is 0.333. The van der Waals surface area contributed by atoms with Crippen LogP contribution in [0.15, 0.2) is 24.3 Å². The van der Waals surface area contributed by atoms with Gasteiger partial charge in [0.15, 0.2) is 5.11 Å². The second-order valence-electron chi connectivity index (χ2n) is 5.59. The SMILES string of the molecule is CC(C)(C)c1ccc(N(C=O)C(=S)NNC(=O)CC#N)cc1. The van der Waals surface area contributed by atoms with E-state index in [1.54, 1.807) is 18.2 Å². The third-order valence-corrected chi connectivity index (χ3v) is 3.18. The molecule has 116 valence electrons. The monoisotopic (exact) mass is 318 g/mol. The van der Waals surface area contributed by atoms with E-state index in [1.165, 1.54) is 4.90 Å². The first-order chi connectivity index (χ1) is 10.3. The summed E-state index contributed by atoms with van der Waals surface area (Å²) in [6, 6.07) is 9.10. The molecule has 0 atom stereocenters. The fourth-order valence-corrected chi connectivity index (χ4v) is 1.85. The molecule has 1 aromatic carbocycles. The summed E-state index contributed by atoms with van der Waals surface area (Å²) in [5, 5.41) is 8.41. The maximum absolute atomic E-state index is 11.2. The van der Waals surface area contributed by atoms with Crippen molar-refractivity contribution in [1.29, 1.82) is 5.26 Å². The fourth-order valence-electron chi connectivity index (χ4n) is 1.65. The number of hydrazine groups is 1. The van der Waals surface area contributed by atoms with Crippen LogP contribution in [0.3, 0.4) is 0 Å². The third kappa shape index (κ3) is 4.82. The molecule has 0 aliphatic rings. The minimum absolute atomic E-state index is 0.00850. The number of nitrogens with one attached hydrogen (secondary N) is 2. The maximum atomic E-state index is 11.2. The third-order valence-electron chi connectivity index (χ3n) is 2.88. The van der Waals surface area contributed by atoms with Crippen molar-refractivity contribution in [1.82, 2.24) is 10.9 Å². The molecule has 2 N–H and O–H groups in total. The summed E-state index contributed by atoms with van der Waals surface area (Å²) in [6.07, 6.45) is 0.259. The lowest BCUT2D eigenvalue weighted by atomic mass is 9.87. The van der Waals surface area contributed by atoms with Gasteiger partial charge in [0.1, 0.15) is 6.42 Å². The van der Waals surface area contributed by atoms with Gasteiger partial charge in [0.05, 0.1) is 11.8 Å². The Hall–Kier alpha value is -2.46. The largest absolute Gasteiger partial charge is 0.278 e. The van der Waals surface area contributed by atoms with Crippen molar-refractivity contribution in [3.63, 3.8) is 0 Å². The summed E-state index contributed by atoms with van der Waals surface area (Å²) in [4.78, 5) is 23.6. The molecule has 1 rings (SSSR count). The number of hydrogen-bond donors (Lipinski definition) is 2. The Morgan fingerprint density at radius 2 is 1.91 bits per heavy atom. The van der Waals surface area contributed by atoms with Gasteiger partial charge >= 0.3 is 0 Å². The highest BCUT2D eigenvalue weighted by Gasteiger charge is 2.16. The molecule has 0 unspecified atom stereocenters. The van der Waals surface area contributed by atoms with Crippen LogP contribution in [0.1, 0.15) is 32.8 Å². The Morgan fingerprint density at radius 3 is 2.36 bits per heavy atom. The quantitative estimate of drug-likeness (QED) is 0.504. The minimum Gasteiger partial charge on any atom is -0.278 e. The van der Waals surface area contributed by atoms with Crippen LogP contribution in [-0.2, 0) is 15.0 Å². The number of thiocarbonyl (C=S) groups is 1. The summed E-state index contributed by atoms with van der Waals surface area (Å²) in [5.41, 5.74) is 6.40. The number of carbonyl (C=O) groups is 2. The molecule has 0 bridgehead atoms. The summed E-state index contributed by atoms with van der Waals surface area (Å²) in [5.74, 6) is -0.529. The molecule has 2 amide bonds. The highest BCUT2D eigenvalue weighted by Crippen LogP contribution is 2.24. The Bertz CT molecular complexity index is 599. The summed E-state index contributed by atoms with van der Waals surface area (Å²) in [7, 11) is 0. The molecule has 0 radical (unpaired) electrons. The van der Waals surface area contributed by atoms with Crippen molar-refractivity contribution in [3.8, 4) is 6.07 Å². The van der Waals surface area contributed by atoms with E-state index in [0.717, 1.165) is 5.56 Å². The molecule has 0 saturated heterocycles. The zero-order chi connectivity index (χ0) is 16.8. The van der Waals surface area contributed by atoms with Gasteiger partial charge in [0, 0.05) is 0 Å². The standard InChI is InChI=1S/C15H18N4O2S/c1-15(2,3)11-4-6-12(7-5-11)19(10-20)14(22)18-17-13(21)8-9-16/h4-7,10H,8H2,1-3H3,(H,17,21)(H,18,22). The van der Waals surface area contributed by atoms with E-state index >= 15 is 0 Å². The Morgan fingerprint density at radius 1 is 1.32 bits per heavy atom. The number of rotatable bonds is 3. The van der Waals surface area contributed by atoms with Gasteiger partial charge in [-0.05, 0) is 35.3 Å². The minimum atomic E-state index is -0.529. The predicted octanol–water partition coefficient (Wildman–Crippen LogP) is 1.77. The second kappa shape index (κ2) is 7.52. The van der Waals surface area contributed by atoms with Crippen LogP contribution >= 0.6 is 12.2 Å². The van der Waals surface area contributed by atoms with Crippen LogP contribution in [0.5, 0.6) is 0 Å². The van der Waals surface area contributed by atoms with Crippen LogP contribution in [0.4, 0.5) is 5.69 Å². The van der Waals surface area contributed by atoms with Gasteiger partial charge < -0.3 is 0 Å². The lowest BCUT2D eigenvalue weighted by Crippen LogP contribution is -2.48. The van der Waals surface area contributed by atoms with Gasteiger partial charge in [-0.2, -0.15) is 5.26 Å². The number of nitriles is 1. The molecule has 0 aliphatic carbocycles. The van der Waals surface area contributed by atoms with Gasteiger partial charge in [0.2, 0.25) is 6.41 Å². The first-order valence-corrected chi connectivity index (χ1v) is 7.01. The summed E-state index contributed by atoms with van der Waals surface area (Å²) >= 11 is 5.05. The highest BCUT2D eigenvalue weighted by molar-refractivity contribution is 7.80. The van der Waals surface area contributed by atoms with Gasteiger partial charge in [-0.25, -0.2) is 0 Å². The van der Waals surface area contributed by atoms with Crippen molar-refractivity contribution in [3.05, 3.63) is 29.8 Å². The maximum Gasteiger partial charge on any atom is 0.252 e. The Labute approximate surface area is 135 Å². The van der Waals surface area contributed by atoms with Crippen LogP contribution in [-0.4, -0.2) is 17.4 Å². The van der Waals surface area contributed by atoms with Crippen molar-refractivity contribution in [2.45, 2.75) is 32.6 Å². The van der Waals surface area contributed by atoms with Gasteiger partial charge in [0.25, 0.3) is 5.91 Å². The number of hydrogen-bond acceptors (Lipinski definition) is 4. The van der Waals surface area contributed by atoms with E-state index < -0.39 is 5.91 Å². The van der Waals surface area contributed by atoms with E-state index in [0.29, 0.717) is 12.1 Å². The first-order valence-electron chi connectivity index (χ1n) is 6.60. The second-order valence-corrected chi connectivity index (χ2v) is 5.97. The lowest BCUT2D eigenvalue weighted by Gasteiger charge is -2.22. The van der Waals surface area contributed by atoms with Crippen LogP contribution in [0, 0.1) is 11.3 Å². The van der Waals surface area contributed by atoms with Crippen LogP contribution in [0.25, 0.3) is 0 Å². The molecule has 0 heterocycles. The summed E-state index contributed by atoms with van der Waals surface area (Å²) < 4.78 is 0. The average molecular weight is 318 g/mol. The van der Waals surface area contributed by atoms with Gasteiger partial charge in [-0.3, -0.25) is 25.3 Å². The predicted molar refractivity (Wildman–Crippen MR) is 87.8 cm³/mol.